The predicted molar refractivity (Wildman–Crippen MR) is 122 cm³/mol. The first-order valence-corrected chi connectivity index (χ1v) is 10.3. The molecule has 1 amide bonds. The van der Waals surface area contributed by atoms with Gasteiger partial charge in [-0.2, -0.15) is 0 Å². The van der Waals surface area contributed by atoms with Crippen LogP contribution in [0.5, 0.6) is 11.5 Å². The Morgan fingerprint density at radius 2 is 1.70 bits per heavy atom. The standard InChI is InChI=1S/C25H19ClFNO5/c1-32-16-10-7-14(8-11-16)23(29)21-22(17-5-3-4-6-20(17)33-2)28(25(31)24(21)30)15-9-12-19(27)18(26)13-15/h3-13,22,29H,1-2H3/b23-21+. The van der Waals surface area contributed by atoms with E-state index in [1.54, 1.807) is 48.5 Å². The molecule has 0 radical (unpaired) electrons. The van der Waals surface area contributed by atoms with Crippen molar-refractivity contribution in [3.63, 3.8) is 0 Å². The number of hydrogen-bond donors (Lipinski definition) is 1. The van der Waals surface area contributed by atoms with Crippen molar-refractivity contribution >= 4 is 34.7 Å². The Hall–Kier alpha value is -3.84. The third-order valence-electron chi connectivity index (χ3n) is 5.42. The molecule has 1 N–H and O–H groups in total. The lowest BCUT2D eigenvalue weighted by atomic mass is 9.94. The maximum Gasteiger partial charge on any atom is 0.300 e. The van der Waals surface area contributed by atoms with Crippen molar-refractivity contribution in [1.29, 1.82) is 0 Å². The number of rotatable bonds is 5. The van der Waals surface area contributed by atoms with Crippen LogP contribution < -0.4 is 14.4 Å². The van der Waals surface area contributed by atoms with E-state index in [0.29, 0.717) is 22.6 Å². The largest absolute Gasteiger partial charge is 0.507 e. The number of methoxy groups -OCH3 is 2. The maximum absolute atomic E-state index is 13.8. The highest BCUT2D eigenvalue weighted by molar-refractivity contribution is 6.51. The summed E-state index contributed by atoms with van der Waals surface area (Å²) < 4.78 is 24.4. The lowest BCUT2D eigenvalue weighted by Crippen LogP contribution is -2.29. The number of nitrogens with zero attached hydrogens (tertiary/aromatic N) is 1. The van der Waals surface area contributed by atoms with Gasteiger partial charge in [-0.1, -0.05) is 29.8 Å². The highest BCUT2D eigenvalue weighted by Crippen LogP contribution is 2.45. The summed E-state index contributed by atoms with van der Waals surface area (Å²) in [5, 5.41) is 10.9. The Morgan fingerprint density at radius 3 is 2.33 bits per heavy atom. The summed E-state index contributed by atoms with van der Waals surface area (Å²) in [6, 6.07) is 15.9. The van der Waals surface area contributed by atoms with Crippen LogP contribution in [0.2, 0.25) is 5.02 Å². The Kier molecular flexibility index (Phi) is 6.07. The van der Waals surface area contributed by atoms with Gasteiger partial charge >= 0.3 is 0 Å². The number of anilines is 1. The molecule has 3 aromatic rings. The molecule has 0 bridgehead atoms. The van der Waals surface area contributed by atoms with Crippen molar-refractivity contribution in [1.82, 2.24) is 0 Å². The van der Waals surface area contributed by atoms with Crippen LogP contribution in [0.4, 0.5) is 10.1 Å². The van der Waals surface area contributed by atoms with Crippen molar-refractivity contribution in [3.05, 3.63) is 94.3 Å². The molecule has 4 rings (SSSR count). The van der Waals surface area contributed by atoms with E-state index in [-0.39, 0.29) is 22.0 Å². The Balaban J connectivity index is 1.97. The lowest BCUT2D eigenvalue weighted by molar-refractivity contribution is -0.132. The number of Topliss-reactive ketones (excluding diaryl/α,β-unsaturated/α-hetero) is 1. The number of para-hydroxylation sites is 1. The number of aliphatic hydroxyl groups excluding tert-OH is 1. The molecule has 8 heteroatoms. The van der Waals surface area contributed by atoms with E-state index in [2.05, 4.69) is 0 Å². The maximum atomic E-state index is 13.8. The van der Waals surface area contributed by atoms with E-state index in [9.17, 15) is 19.1 Å². The van der Waals surface area contributed by atoms with Crippen molar-refractivity contribution in [3.8, 4) is 11.5 Å². The van der Waals surface area contributed by atoms with Gasteiger partial charge in [-0.3, -0.25) is 14.5 Å². The minimum Gasteiger partial charge on any atom is -0.507 e. The number of amides is 1. The van der Waals surface area contributed by atoms with E-state index >= 15 is 0 Å². The third-order valence-corrected chi connectivity index (χ3v) is 5.71. The van der Waals surface area contributed by atoms with E-state index in [4.69, 9.17) is 21.1 Å². The highest BCUT2D eigenvalue weighted by atomic mass is 35.5. The highest BCUT2D eigenvalue weighted by Gasteiger charge is 2.48. The second-order valence-corrected chi connectivity index (χ2v) is 7.65. The zero-order chi connectivity index (χ0) is 23.7. The zero-order valence-corrected chi connectivity index (χ0v) is 18.5. The number of carbonyl (C=O) groups excluding carboxylic acids is 2. The van der Waals surface area contributed by atoms with Gasteiger partial charge in [0.05, 0.1) is 30.9 Å². The molecule has 1 fully saturated rings. The minimum absolute atomic E-state index is 0.130. The van der Waals surface area contributed by atoms with Gasteiger partial charge in [0.1, 0.15) is 23.1 Å². The quantitative estimate of drug-likeness (QED) is 0.320. The van der Waals surface area contributed by atoms with E-state index < -0.39 is 23.5 Å². The molecule has 1 aliphatic heterocycles. The minimum atomic E-state index is -1.04. The lowest BCUT2D eigenvalue weighted by Gasteiger charge is -2.26. The number of ketones is 1. The smallest absolute Gasteiger partial charge is 0.300 e. The molecule has 33 heavy (non-hydrogen) atoms. The normalized spacial score (nSPS) is 17.3. The van der Waals surface area contributed by atoms with Gasteiger partial charge in [-0.05, 0) is 48.5 Å². The summed E-state index contributed by atoms with van der Waals surface area (Å²) in [4.78, 5) is 27.5. The summed E-state index contributed by atoms with van der Waals surface area (Å²) in [7, 11) is 2.97. The number of ether oxygens (including phenoxy) is 2. The second-order valence-electron chi connectivity index (χ2n) is 7.24. The Morgan fingerprint density at radius 1 is 1.00 bits per heavy atom. The third kappa shape index (κ3) is 3.91. The molecule has 1 saturated heterocycles. The van der Waals surface area contributed by atoms with Crippen LogP contribution in [0.1, 0.15) is 17.2 Å². The first-order valence-electron chi connectivity index (χ1n) is 9.90. The van der Waals surface area contributed by atoms with Crippen LogP contribution in [-0.2, 0) is 9.59 Å². The van der Waals surface area contributed by atoms with Crippen molar-refractivity contribution in [2.45, 2.75) is 6.04 Å². The first kappa shape index (κ1) is 22.4. The molecular weight excluding hydrogens is 449 g/mol. The van der Waals surface area contributed by atoms with Gasteiger partial charge in [-0.15, -0.1) is 0 Å². The van der Waals surface area contributed by atoms with Crippen molar-refractivity contribution in [2.24, 2.45) is 0 Å². The molecule has 1 aliphatic rings. The summed E-state index contributed by atoms with van der Waals surface area (Å²) in [5.74, 6) is -1.83. The number of hydrogen-bond acceptors (Lipinski definition) is 5. The zero-order valence-electron chi connectivity index (χ0n) is 17.7. The van der Waals surface area contributed by atoms with Gasteiger partial charge in [-0.25, -0.2) is 4.39 Å². The van der Waals surface area contributed by atoms with E-state index in [1.165, 1.54) is 31.3 Å². The van der Waals surface area contributed by atoms with Crippen molar-refractivity contribution in [2.75, 3.05) is 19.1 Å². The molecule has 1 unspecified atom stereocenters. The Bertz CT molecular complexity index is 1270. The van der Waals surface area contributed by atoms with E-state index in [0.717, 1.165) is 6.07 Å². The summed E-state index contributed by atoms with van der Waals surface area (Å²) in [6.07, 6.45) is 0. The molecule has 6 nitrogen and oxygen atoms in total. The average molecular weight is 468 g/mol. The van der Waals surface area contributed by atoms with Gasteiger partial charge in [0.15, 0.2) is 0 Å². The van der Waals surface area contributed by atoms with Crippen LogP contribution in [0.3, 0.4) is 0 Å². The van der Waals surface area contributed by atoms with Crippen molar-refractivity contribution < 1.29 is 28.6 Å². The summed E-state index contributed by atoms with van der Waals surface area (Å²) in [5.41, 5.74) is 0.865. The summed E-state index contributed by atoms with van der Waals surface area (Å²) >= 11 is 5.96. The van der Waals surface area contributed by atoms with Gasteiger partial charge in [0, 0.05) is 16.8 Å². The molecule has 0 saturated carbocycles. The molecule has 0 spiro atoms. The van der Waals surface area contributed by atoms with Gasteiger partial charge in [0.2, 0.25) is 0 Å². The molecule has 1 atom stereocenters. The number of halogens is 2. The molecule has 168 valence electrons. The topological polar surface area (TPSA) is 76.1 Å². The average Bonchev–Trinajstić information content (AvgIpc) is 3.10. The first-order chi connectivity index (χ1) is 15.9. The monoisotopic (exact) mass is 467 g/mol. The summed E-state index contributed by atoms with van der Waals surface area (Å²) in [6.45, 7) is 0. The SMILES string of the molecule is COc1ccc(/C(O)=C2\C(=O)C(=O)N(c3ccc(F)c(Cl)c3)C2c2ccccc2OC)cc1. The van der Waals surface area contributed by atoms with Gasteiger partial charge in [0.25, 0.3) is 11.7 Å². The van der Waals surface area contributed by atoms with Gasteiger partial charge < -0.3 is 14.6 Å². The number of aliphatic hydroxyl groups is 1. The molecular formula is C25H19ClFNO5. The molecule has 1 heterocycles. The fraction of sp³-hybridized carbons (Fsp3) is 0.120. The Labute approximate surface area is 194 Å². The molecule has 0 aliphatic carbocycles. The fourth-order valence-electron chi connectivity index (χ4n) is 3.82. The molecule has 0 aromatic heterocycles. The fourth-order valence-corrected chi connectivity index (χ4v) is 4.00. The second kappa shape index (κ2) is 8.96. The van der Waals surface area contributed by atoms with Crippen LogP contribution >= 0.6 is 11.6 Å². The number of benzene rings is 3. The van der Waals surface area contributed by atoms with Crippen LogP contribution in [0, 0.1) is 5.82 Å². The molecule has 3 aromatic carbocycles. The van der Waals surface area contributed by atoms with Crippen LogP contribution in [0.25, 0.3) is 5.76 Å². The number of carbonyl (C=O) groups is 2. The van der Waals surface area contributed by atoms with E-state index in [1.807, 2.05) is 0 Å². The predicted octanol–water partition coefficient (Wildman–Crippen LogP) is 5.12. The van der Waals surface area contributed by atoms with Crippen LogP contribution in [0.15, 0.2) is 72.3 Å². The van der Waals surface area contributed by atoms with Crippen LogP contribution in [-0.4, -0.2) is 31.0 Å².